The normalized spacial score (nSPS) is 22.9. The zero-order chi connectivity index (χ0) is 16.1. The fourth-order valence-electron chi connectivity index (χ4n) is 3.48. The van der Waals surface area contributed by atoms with Gasteiger partial charge >= 0.3 is 0 Å². The van der Waals surface area contributed by atoms with E-state index in [0.717, 1.165) is 25.0 Å². The van der Waals surface area contributed by atoms with Crippen molar-refractivity contribution >= 4 is 5.96 Å². The highest BCUT2D eigenvalue weighted by atomic mass is 16.5. The van der Waals surface area contributed by atoms with E-state index in [2.05, 4.69) is 36.4 Å². The topological polar surface area (TPSA) is 65.9 Å². The van der Waals surface area contributed by atoms with Crippen molar-refractivity contribution in [2.45, 2.75) is 46.5 Å². The summed E-state index contributed by atoms with van der Waals surface area (Å²) in [7, 11) is 0. The minimum Gasteiger partial charge on any atom is -0.396 e. The van der Waals surface area contributed by atoms with Crippen molar-refractivity contribution in [3.63, 3.8) is 0 Å². The van der Waals surface area contributed by atoms with E-state index in [-0.39, 0.29) is 12.0 Å². The summed E-state index contributed by atoms with van der Waals surface area (Å²) in [5.41, 5.74) is 0.299. The van der Waals surface area contributed by atoms with E-state index in [1.165, 1.54) is 25.7 Å². The number of hydrogen-bond acceptors (Lipinski definition) is 3. The van der Waals surface area contributed by atoms with Gasteiger partial charge in [0.05, 0.1) is 31.8 Å². The average Bonchev–Trinajstić information content (AvgIpc) is 2.40. The molecule has 22 heavy (non-hydrogen) atoms. The summed E-state index contributed by atoms with van der Waals surface area (Å²) >= 11 is 0. The quantitative estimate of drug-likeness (QED) is 0.472. The molecule has 1 aliphatic carbocycles. The molecular weight excluding hydrogens is 278 g/mol. The zero-order valence-corrected chi connectivity index (χ0v) is 14.5. The predicted octanol–water partition coefficient (Wildman–Crippen LogP) is 1.77. The molecule has 1 saturated carbocycles. The highest BCUT2D eigenvalue weighted by Gasteiger charge is 2.39. The van der Waals surface area contributed by atoms with Crippen LogP contribution in [0.3, 0.4) is 0 Å². The van der Waals surface area contributed by atoms with Crippen molar-refractivity contribution in [2.75, 3.05) is 39.5 Å². The largest absolute Gasteiger partial charge is 0.396 e. The summed E-state index contributed by atoms with van der Waals surface area (Å²) in [5.74, 6) is 1.61. The molecule has 0 amide bonds. The van der Waals surface area contributed by atoms with E-state index in [1.54, 1.807) is 0 Å². The number of rotatable bonds is 8. The van der Waals surface area contributed by atoms with Gasteiger partial charge in [0.15, 0.2) is 5.96 Å². The van der Waals surface area contributed by atoms with Crippen molar-refractivity contribution in [2.24, 2.45) is 21.7 Å². The van der Waals surface area contributed by atoms with Crippen LogP contribution in [0.1, 0.15) is 46.5 Å². The Bertz CT molecular complexity index is 369. The maximum Gasteiger partial charge on any atom is 0.191 e. The van der Waals surface area contributed by atoms with Gasteiger partial charge in [0.1, 0.15) is 0 Å². The number of aliphatic hydroxyl groups is 1. The Morgan fingerprint density at radius 3 is 2.36 bits per heavy atom. The molecule has 2 fully saturated rings. The monoisotopic (exact) mass is 311 g/mol. The zero-order valence-electron chi connectivity index (χ0n) is 14.5. The summed E-state index contributed by atoms with van der Waals surface area (Å²) in [6.07, 6.45) is 5.29. The van der Waals surface area contributed by atoms with Gasteiger partial charge in [-0.15, -0.1) is 0 Å². The molecule has 3 N–H and O–H groups in total. The summed E-state index contributed by atoms with van der Waals surface area (Å²) in [6, 6.07) is 0. The molecule has 0 spiro atoms. The Labute approximate surface area is 134 Å². The van der Waals surface area contributed by atoms with E-state index >= 15 is 0 Å². The number of nitrogens with zero attached hydrogens (tertiary/aromatic N) is 1. The molecule has 128 valence electrons. The molecule has 0 unspecified atom stereocenters. The molecule has 5 nitrogen and oxygen atoms in total. The van der Waals surface area contributed by atoms with Gasteiger partial charge in [-0.2, -0.15) is 0 Å². The molecule has 0 radical (unpaired) electrons. The smallest absolute Gasteiger partial charge is 0.191 e. The number of guanidine groups is 1. The number of aliphatic imine (C=N–C) groups is 1. The lowest BCUT2D eigenvalue weighted by Crippen LogP contribution is -2.50. The second-order valence-corrected chi connectivity index (χ2v) is 7.65. The minimum atomic E-state index is -0.158. The number of hydrogen-bond donors (Lipinski definition) is 3. The number of aliphatic hydroxyl groups excluding tert-OH is 1. The van der Waals surface area contributed by atoms with Gasteiger partial charge < -0.3 is 20.5 Å². The number of ether oxygens (including phenoxy) is 1. The van der Waals surface area contributed by atoms with Crippen LogP contribution in [0.2, 0.25) is 0 Å². The van der Waals surface area contributed by atoms with Crippen LogP contribution in [0.4, 0.5) is 0 Å². The lowest BCUT2D eigenvalue weighted by atomic mass is 9.64. The van der Waals surface area contributed by atoms with E-state index in [9.17, 15) is 5.11 Å². The summed E-state index contributed by atoms with van der Waals surface area (Å²) in [6.45, 7) is 10.5. The first-order chi connectivity index (χ1) is 10.5. The average molecular weight is 311 g/mol. The molecule has 0 aromatic heterocycles. The summed E-state index contributed by atoms with van der Waals surface area (Å²) in [5, 5.41) is 16.3. The van der Waals surface area contributed by atoms with Crippen molar-refractivity contribution < 1.29 is 9.84 Å². The van der Waals surface area contributed by atoms with Gasteiger partial charge in [-0.05, 0) is 37.5 Å². The predicted molar refractivity (Wildman–Crippen MR) is 90.1 cm³/mol. The molecule has 0 aromatic carbocycles. The van der Waals surface area contributed by atoms with Crippen LogP contribution in [0.25, 0.3) is 0 Å². The van der Waals surface area contributed by atoms with Gasteiger partial charge in [-0.1, -0.05) is 20.3 Å². The second kappa shape index (κ2) is 7.64. The highest BCUT2D eigenvalue weighted by Crippen LogP contribution is 2.45. The molecular formula is C17H33N3O2. The standard InChI is InChI=1S/C17H33N3O2/c1-4-18-15(20-10-17(11-21)12-22-13-17)19-9-16(6-5-7-16)8-14(2)3/h14,21H,4-13H2,1-3H3,(H2,18,19,20). The number of nitrogens with one attached hydrogen (secondary N) is 2. The maximum absolute atomic E-state index is 9.49. The molecule has 0 aromatic rings. The van der Waals surface area contributed by atoms with Crippen molar-refractivity contribution in [3.05, 3.63) is 0 Å². The van der Waals surface area contributed by atoms with Crippen molar-refractivity contribution in [1.82, 2.24) is 10.6 Å². The van der Waals surface area contributed by atoms with Gasteiger partial charge in [0, 0.05) is 13.1 Å². The van der Waals surface area contributed by atoms with E-state index in [4.69, 9.17) is 4.74 Å². The van der Waals surface area contributed by atoms with Crippen LogP contribution in [0.5, 0.6) is 0 Å². The summed E-state index contributed by atoms with van der Waals surface area (Å²) in [4.78, 5) is 4.67. The third-order valence-electron chi connectivity index (χ3n) is 4.96. The molecule has 1 saturated heterocycles. The van der Waals surface area contributed by atoms with Gasteiger partial charge in [-0.3, -0.25) is 4.99 Å². The Hall–Kier alpha value is -0.810. The van der Waals surface area contributed by atoms with E-state index in [0.29, 0.717) is 25.2 Å². The van der Waals surface area contributed by atoms with Gasteiger partial charge in [-0.25, -0.2) is 0 Å². The first-order valence-corrected chi connectivity index (χ1v) is 8.74. The first kappa shape index (κ1) is 17.5. The van der Waals surface area contributed by atoms with Crippen LogP contribution in [0.15, 0.2) is 4.99 Å². The van der Waals surface area contributed by atoms with Crippen LogP contribution < -0.4 is 10.6 Å². The van der Waals surface area contributed by atoms with E-state index in [1.807, 2.05) is 0 Å². The van der Waals surface area contributed by atoms with Gasteiger partial charge in [0.2, 0.25) is 0 Å². The Balaban J connectivity index is 1.88. The third kappa shape index (κ3) is 4.35. The highest BCUT2D eigenvalue weighted by molar-refractivity contribution is 5.79. The lowest BCUT2D eigenvalue weighted by molar-refractivity contribution is -0.130. The van der Waals surface area contributed by atoms with Crippen LogP contribution in [-0.2, 0) is 4.74 Å². The Morgan fingerprint density at radius 2 is 1.95 bits per heavy atom. The molecule has 5 heteroatoms. The first-order valence-electron chi connectivity index (χ1n) is 8.74. The molecule has 0 bridgehead atoms. The Kier molecular flexibility index (Phi) is 6.09. The molecule has 0 atom stereocenters. The third-order valence-corrected chi connectivity index (χ3v) is 4.96. The molecule has 1 heterocycles. The van der Waals surface area contributed by atoms with E-state index < -0.39 is 0 Å². The fourth-order valence-corrected chi connectivity index (χ4v) is 3.48. The summed E-state index contributed by atoms with van der Waals surface area (Å²) < 4.78 is 5.24. The second-order valence-electron chi connectivity index (χ2n) is 7.65. The van der Waals surface area contributed by atoms with Crippen LogP contribution in [-0.4, -0.2) is 50.5 Å². The maximum atomic E-state index is 9.49. The van der Waals surface area contributed by atoms with Crippen LogP contribution >= 0.6 is 0 Å². The van der Waals surface area contributed by atoms with Crippen molar-refractivity contribution in [1.29, 1.82) is 0 Å². The lowest BCUT2D eigenvalue weighted by Gasteiger charge is -2.44. The van der Waals surface area contributed by atoms with Gasteiger partial charge in [0.25, 0.3) is 0 Å². The SMILES string of the molecule is CCNC(=NCC1(CO)COC1)NCC1(CC(C)C)CCC1. The fraction of sp³-hybridized carbons (Fsp3) is 0.941. The molecule has 1 aliphatic heterocycles. The van der Waals surface area contributed by atoms with Crippen molar-refractivity contribution in [3.8, 4) is 0 Å². The molecule has 2 aliphatic rings. The Morgan fingerprint density at radius 1 is 1.23 bits per heavy atom. The minimum absolute atomic E-state index is 0.146. The van der Waals surface area contributed by atoms with Crippen LogP contribution in [0, 0.1) is 16.7 Å². The molecule has 2 rings (SSSR count).